The van der Waals surface area contributed by atoms with Crippen molar-refractivity contribution >= 4 is 34.7 Å². The number of aryl methyl sites for hydroxylation is 1. The van der Waals surface area contributed by atoms with E-state index in [0.29, 0.717) is 25.4 Å². The SMILES string of the molecule is CCOC(=O)[C@@H]1CCCN(C(=O)CSc2nc3ccc(C)cc3[nH]2)C1. The molecule has 1 aromatic carbocycles. The van der Waals surface area contributed by atoms with E-state index in [1.807, 2.05) is 25.1 Å². The maximum Gasteiger partial charge on any atom is 0.310 e. The Bertz CT molecular complexity index is 774. The number of aromatic nitrogens is 2. The Hall–Kier alpha value is -2.02. The van der Waals surface area contributed by atoms with Crippen molar-refractivity contribution < 1.29 is 14.3 Å². The van der Waals surface area contributed by atoms with Crippen molar-refractivity contribution in [3.63, 3.8) is 0 Å². The van der Waals surface area contributed by atoms with Gasteiger partial charge in [-0.1, -0.05) is 17.8 Å². The quantitative estimate of drug-likeness (QED) is 0.655. The zero-order valence-corrected chi connectivity index (χ0v) is 15.4. The molecule has 1 N–H and O–H groups in total. The van der Waals surface area contributed by atoms with Gasteiger partial charge in [0.1, 0.15) is 0 Å². The summed E-state index contributed by atoms with van der Waals surface area (Å²) >= 11 is 1.40. The van der Waals surface area contributed by atoms with Gasteiger partial charge in [0.15, 0.2) is 5.16 Å². The van der Waals surface area contributed by atoms with Gasteiger partial charge in [-0.05, 0) is 44.4 Å². The summed E-state index contributed by atoms with van der Waals surface area (Å²) < 4.78 is 5.08. The molecule has 6 nitrogen and oxygen atoms in total. The molecular formula is C18H23N3O3S. The number of benzene rings is 1. The number of rotatable bonds is 5. The predicted molar refractivity (Wildman–Crippen MR) is 97.5 cm³/mol. The predicted octanol–water partition coefficient (Wildman–Crippen LogP) is 2.77. The highest BCUT2D eigenvalue weighted by Crippen LogP contribution is 2.23. The standard InChI is InChI=1S/C18H23N3O3S/c1-3-24-17(23)13-5-4-8-21(10-13)16(22)11-25-18-19-14-7-6-12(2)9-15(14)20-18/h6-7,9,13H,3-5,8,10-11H2,1-2H3,(H,19,20)/t13-/m1/s1. The van der Waals surface area contributed by atoms with Gasteiger partial charge >= 0.3 is 5.97 Å². The molecule has 134 valence electrons. The second kappa shape index (κ2) is 7.91. The van der Waals surface area contributed by atoms with Crippen molar-refractivity contribution in [2.45, 2.75) is 31.8 Å². The minimum atomic E-state index is -0.197. The molecule has 0 spiro atoms. The number of carbonyl (C=O) groups excluding carboxylic acids is 2. The molecule has 1 amide bonds. The molecule has 3 rings (SSSR count). The highest BCUT2D eigenvalue weighted by atomic mass is 32.2. The Morgan fingerprint density at radius 2 is 2.28 bits per heavy atom. The van der Waals surface area contributed by atoms with Crippen LogP contribution in [-0.4, -0.2) is 52.2 Å². The number of amides is 1. The number of fused-ring (bicyclic) bond motifs is 1. The number of nitrogens with zero attached hydrogens (tertiary/aromatic N) is 2. The average Bonchev–Trinajstić information content (AvgIpc) is 3.02. The molecule has 2 aromatic rings. The Morgan fingerprint density at radius 3 is 3.08 bits per heavy atom. The molecular weight excluding hydrogens is 338 g/mol. The molecule has 0 saturated carbocycles. The van der Waals surface area contributed by atoms with Crippen LogP contribution in [0.3, 0.4) is 0 Å². The lowest BCUT2D eigenvalue weighted by Gasteiger charge is -2.31. The van der Waals surface area contributed by atoms with E-state index in [1.165, 1.54) is 17.3 Å². The molecule has 2 heterocycles. The summed E-state index contributed by atoms with van der Waals surface area (Å²) in [6.07, 6.45) is 1.63. The number of carbonyl (C=O) groups is 2. The fraction of sp³-hybridized carbons (Fsp3) is 0.500. The van der Waals surface area contributed by atoms with Crippen LogP contribution in [0, 0.1) is 12.8 Å². The van der Waals surface area contributed by atoms with E-state index in [0.717, 1.165) is 29.0 Å². The van der Waals surface area contributed by atoms with Crippen LogP contribution in [0.4, 0.5) is 0 Å². The number of thioether (sulfide) groups is 1. The maximum atomic E-state index is 12.5. The highest BCUT2D eigenvalue weighted by molar-refractivity contribution is 7.99. The number of hydrogen-bond donors (Lipinski definition) is 1. The minimum absolute atomic E-state index is 0.0376. The summed E-state index contributed by atoms with van der Waals surface area (Å²) in [5.74, 6) is -0.0401. The third-order valence-corrected chi connectivity index (χ3v) is 5.20. The van der Waals surface area contributed by atoms with E-state index in [-0.39, 0.29) is 17.8 Å². The van der Waals surface area contributed by atoms with Crippen molar-refractivity contribution in [3.8, 4) is 0 Å². The molecule has 1 atom stereocenters. The van der Waals surface area contributed by atoms with Crippen molar-refractivity contribution in [1.82, 2.24) is 14.9 Å². The van der Waals surface area contributed by atoms with Gasteiger partial charge in [0.25, 0.3) is 0 Å². The summed E-state index contributed by atoms with van der Waals surface area (Å²) in [5.41, 5.74) is 3.05. The third-order valence-electron chi connectivity index (χ3n) is 4.34. The summed E-state index contributed by atoms with van der Waals surface area (Å²) in [6.45, 7) is 5.37. The first-order valence-corrected chi connectivity index (χ1v) is 9.59. The normalized spacial score (nSPS) is 17.7. The first kappa shape index (κ1) is 17.8. The van der Waals surface area contributed by atoms with Crippen LogP contribution in [0.5, 0.6) is 0 Å². The Balaban J connectivity index is 1.56. The molecule has 1 aliphatic rings. The second-order valence-corrected chi connectivity index (χ2v) is 7.25. The van der Waals surface area contributed by atoms with Gasteiger partial charge in [0.05, 0.1) is 29.3 Å². The number of aromatic amines is 1. The fourth-order valence-corrected chi connectivity index (χ4v) is 3.83. The molecule has 0 radical (unpaired) electrons. The fourth-order valence-electron chi connectivity index (χ4n) is 3.05. The van der Waals surface area contributed by atoms with Crippen LogP contribution in [0.2, 0.25) is 0 Å². The summed E-state index contributed by atoms with van der Waals surface area (Å²) in [4.78, 5) is 33.9. The van der Waals surface area contributed by atoms with Crippen molar-refractivity contribution in [3.05, 3.63) is 23.8 Å². The van der Waals surface area contributed by atoms with Gasteiger partial charge in [-0.2, -0.15) is 0 Å². The summed E-state index contributed by atoms with van der Waals surface area (Å²) in [7, 11) is 0. The van der Waals surface area contributed by atoms with Crippen LogP contribution in [0.25, 0.3) is 11.0 Å². The largest absolute Gasteiger partial charge is 0.466 e. The van der Waals surface area contributed by atoms with Crippen LogP contribution >= 0.6 is 11.8 Å². The second-order valence-electron chi connectivity index (χ2n) is 6.28. The van der Waals surface area contributed by atoms with Gasteiger partial charge in [0, 0.05) is 13.1 Å². The lowest BCUT2D eigenvalue weighted by Crippen LogP contribution is -2.43. The van der Waals surface area contributed by atoms with E-state index in [9.17, 15) is 9.59 Å². The first-order chi connectivity index (χ1) is 12.1. The number of H-pyrrole nitrogens is 1. The van der Waals surface area contributed by atoms with E-state index >= 15 is 0 Å². The minimum Gasteiger partial charge on any atom is -0.466 e. The van der Waals surface area contributed by atoms with Crippen LogP contribution < -0.4 is 0 Å². The lowest BCUT2D eigenvalue weighted by molar-refractivity contribution is -0.151. The van der Waals surface area contributed by atoms with E-state index < -0.39 is 0 Å². The molecule has 1 aliphatic heterocycles. The Labute approximate surface area is 151 Å². The van der Waals surface area contributed by atoms with Gasteiger partial charge in [-0.25, -0.2) is 4.98 Å². The highest BCUT2D eigenvalue weighted by Gasteiger charge is 2.29. The number of hydrogen-bond acceptors (Lipinski definition) is 5. The number of ether oxygens (including phenoxy) is 1. The van der Waals surface area contributed by atoms with Gasteiger partial charge < -0.3 is 14.6 Å². The first-order valence-electron chi connectivity index (χ1n) is 8.60. The van der Waals surface area contributed by atoms with Crippen LogP contribution in [-0.2, 0) is 14.3 Å². The number of piperidine rings is 1. The molecule has 0 bridgehead atoms. The molecule has 0 aliphatic carbocycles. The van der Waals surface area contributed by atoms with Gasteiger partial charge in [-0.3, -0.25) is 9.59 Å². The molecule has 0 unspecified atom stereocenters. The average molecular weight is 361 g/mol. The molecule has 1 aromatic heterocycles. The van der Waals surface area contributed by atoms with Crippen molar-refractivity contribution in [1.29, 1.82) is 0 Å². The molecule has 25 heavy (non-hydrogen) atoms. The maximum absolute atomic E-state index is 12.5. The topological polar surface area (TPSA) is 75.3 Å². The monoisotopic (exact) mass is 361 g/mol. The Kier molecular flexibility index (Phi) is 5.63. The summed E-state index contributed by atoms with van der Waals surface area (Å²) in [6, 6.07) is 6.04. The number of esters is 1. The van der Waals surface area contributed by atoms with Crippen LogP contribution in [0.1, 0.15) is 25.3 Å². The molecule has 1 saturated heterocycles. The Morgan fingerprint density at radius 1 is 1.44 bits per heavy atom. The van der Waals surface area contributed by atoms with E-state index in [2.05, 4.69) is 9.97 Å². The van der Waals surface area contributed by atoms with E-state index in [1.54, 1.807) is 11.8 Å². The molecule has 7 heteroatoms. The van der Waals surface area contributed by atoms with Gasteiger partial charge in [0.2, 0.25) is 5.91 Å². The smallest absolute Gasteiger partial charge is 0.310 e. The van der Waals surface area contributed by atoms with Crippen molar-refractivity contribution in [2.24, 2.45) is 5.92 Å². The van der Waals surface area contributed by atoms with Crippen molar-refractivity contribution in [2.75, 3.05) is 25.4 Å². The number of imidazole rings is 1. The lowest BCUT2D eigenvalue weighted by atomic mass is 9.98. The number of likely N-dealkylation sites (tertiary alicyclic amines) is 1. The summed E-state index contributed by atoms with van der Waals surface area (Å²) in [5, 5.41) is 0.743. The number of nitrogens with one attached hydrogen (secondary N) is 1. The molecule has 1 fully saturated rings. The van der Waals surface area contributed by atoms with Gasteiger partial charge in [-0.15, -0.1) is 0 Å². The zero-order chi connectivity index (χ0) is 17.8. The van der Waals surface area contributed by atoms with Crippen LogP contribution in [0.15, 0.2) is 23.4 Å². The third kappa shape index (κ3) is 4.34. The van der Waals surface area contributed by atoms with E-state index in [4.69, 9.17) is 4.74 Å². The zero-order valence-electron chi connectivity index (χ0n) is 14.6.